The van der Waals surface area contributed by atoms with E-state index >= 15 is 0 Å². The molecule has 0 bridgehead atoms. The van der Waals surface area contributed by atoms with E-state index in [2.05, 4.69) is 30.4 Å². The highest BCUT2D eigenvalue weighted by Gasteiger charge is 2.12. The average molecular weight is 218 g/mol. The van der Waals surface area contributed by atoms with Crippen LogP contribution in [0.2, 0.25) is 0 Å². The Morgan fingerprint density at radius 1 is 1.12 bits per heavy atom. The van der Waals surface area contributed by atoms with Crippen molar-refractivity contribution in [3.63, 3.8) is 0 Å². The van der Waals surface area contributed by atoms with Gasteiger partial charge in [0.1, 0.15) is 11.8 Å². The maximum Gasteiger partial charge on any atom is 0.182 e. The van der Waals surface area contributed by atoms with E-state index in [1.807, 2.05) is 0 Å². The van der Waals surface area contributed by atoms with Gasteiger partial charge in [-0.1, -0.05) is 6.42 Å². The van der Waals surface area contributed by atoms with E-state index in [0.717, 1.165) is 24.4 Å². The Bertz CT molecular complexity index is 473. The van der Waals surface area contributed by atoms with Crippen molar-refractivity contribution in [1.82, 2.24) is 24.9 Å². The number of anilines is 1. The number of nitrogens with one attached hydrogen (secondary N) is 2. The van der Waals surface area contributed by atoms with Crippen molar-refractivity contribution in [2.45, 2.75) is 19.3 Å². The molecule has 2 aromatic rings. The predicted molar refractivity (Wildman–Crippen MR) is 60.7 cm³/mol. The number of nitrogens with zero attached hydrogens (tertiary/aromatic N) is 4. The lowest BCUT2D eigenvalue weighted by atomic mass is 10.2. The molecule has 16 heavy (non-hydrogen) atoms. The van der Waals surface area contributed by atoms with Crippen molar-refractivity contribution < 1.29 is 0 Å². The van der Waals surface area contributed by atoms with Gasteiger partial charge in [0.15, 0.2) is 11.5 Å². The van der Waals surface area contributed by atoms with Crippen LogP contribution in [0.5, 0.6) is 0 Å². The fourth-order valence-corrected chi connectivity index (χ4v) is 2.01. The molecule has 3 heterocycles. The second kappa shape index (κ2) is 4.05. The van der Waals surface area contributed by atoms with Crippen LogP contribution in [-0.2, 0) is 0 Å². The Balaban J connectivity index is 1.85. The Hall–Kier alpha value is -1.69. The fraction of sp³-hybridized carbons (Fsp3) is 0.500. The van der Waals surface area contributed by atoms with E-state index in [1.54, 1.807) is 6.33 Å². The van der Waals surface area contributed by atoms with Crippen molar-refractivity contribution >= 4 is 17.0 Å². The van der Waals surface area contributed by atoms with E-state index in [0.29, 0.717) is 5.65 Å². The summed E-state index contributed by atoms with van der Waals surface area (Å²) in [6.45, 7) is 2.14. The molecule has 2 N–H and O–H groups in total. The Morgan fingerprint density at radius 3 is 2.88 bits per heavy atom. The van der Waals surface area contributed by atoms with E-state index in [9.17, 15) is 0 Å². The first-order valence-corrected chi connectivity index (χ1v) is 5.59. The third-order valence-corrected chi connectivity index (χ3v) is 2.84. The van der Waals surface area contributed by atoms with Gasteiger partial charge in [0, 0.05) is 13.1 Å². The number of H-pyrrole nitrogens is 1. The summed E-state index contributed by atoms with van der Waals surface area (Å²) in [7, 11) is 0. The van der Waals surface area contributed by atoms with Gasteiger partial charge < -0.3 is 10.4 Å². The molecule has 1 fully saturated rings. The molecule has 84 valence electrons. The van der Waals surface area contributed by atoms with Gasteiger partial charge in [0.2, 0.25) is 0 Å². The molecule has 0 spiro atoms. The predicted octanol–water partition coefficient (Wildman–Crippen LogP) is 1.17. The molecule has 0 radical (unpaired) electrons. The molecule has 1 saturated heterocycles. The first-order chi connectivity index (χ1) is 7.93. The fourth-order valence-electron chi connectivity index (χ4n) is 2.01. The van der Waals surface area contributed by atoms with Gasteiger partial charge in [-0.05, 0) is 12.8 Å². The summed E-state index contributed by atoms with van der Waals surface area (Å²) in [5.74, 6) is 0.810. The third kappa shape index (κ3) is 1.71. The number of aromatic amines is 1. The standard InChI is InChI=1S/C10H14N6/c1-2-4-16(5-3-1)15-10-8-9(12-6-11-8)13-7-14-10/h6-7H,1-5H2,(H2,11,12,13,14,15). The quantitative estimate of drug-likeness (QED) is 0.791. The summed E-state index contributed by atoms with van der Waals surface area (Å²) < 4.78 is 0. The zero-order valence-electron chi connectivity index (χ0n) is 8.98. The number of fused-ring (bicyclic) bond motifs is 1. The summed E-state index contributed by atoms with van der Waals surface area (Å²) in [5.41, 5.74) is 4.89. The Labute approximate surface area is 93.1 Å². The average Bonchev–Trinajstić information content (AvgIpc) is 2.80. The maximum atomic E-state index is 4.24. The van der Waals surface area contributed by atoms with Crippen molar-refractivity contribution in [3.8, 4) is 0 Å². The highest BCUT2D eigenvalue weighted by Crippen LogP contribution is 2.17. The molecule has 1 aliphatic rings. The summed E-state index contributed by atoms with van der Waals surface area (Å²) in [5, 5.41) is 2.20. The van der Waals surface area contributed by atoms with Gasteiger partial charge in [-0.2, -0.15) is 0 Å². The van der Waals surface area contributed by atoms with Crippen LogP contribution in [0.1, 0.15) is 19.3 Å². The molecule has 0 unspecified atom stereocenters. The van der Waals surface area contributed by atoms with E-state index in [4.69, 9.17) is 0 Å². The molecule has 0 aliphatic carbocycles. The second-order valence-electron chi connectivity index (χ2n) is 3.98. The van der Waals surface area contributed by atoms with E-state index in [-0.39, 0.29) is 0 Å². The number of rotatable bonds is 2. The van der Waals surface area contributed by atoms with Gasteiger partial charge in [-0.15, -0.1) is 0 Å². The molecular formula is C10H14N6. The smallest absolute Gasteiger partial charge is 0.182 e. The molecule has 2 aromatic heterocycles. The van der Waals surface area contributed by atoms with E-state index in [1.165, 1.54) is 25.6 Å². The first kappa shape index (κ1) is 9.53. The lowest BCUT2D eigenvalue weighted by Crippen LogP contribution is -2.35. The van der Waals surface area contributed by atoms with Crippen LogP contribution in [0.3, 0.4) is 0 Å². The van der Waals surface area contributed by atoms with Crippen LogP contribution in [0.15, 0.2) is 12.7 Å². The molecule has 0 saturated carbocycles. The zero-order chi connectivity index (χ0) is 10.8. The maximum absolute atomic E-state index is 4.24. The first-order valence-electron chi connectivity index (χ1n) is 5.59. The monoisotopic (exact) mass is 218 g/mol. The number of hydrogen-bond donors (Lipinski definition) is 2. The molecule has 0 atom stereocenters. The molecule has 6 heteroatoms. The topological polar surface area (TPSA) is 69.7 Å². The number of hydrazine groups is 1. The molecular weight excluding hydrogens is 204 g/mol. The highest BCUT2D eigenvalue weighted by atomic mass is 15.5. The lowest BCUT2D eigenvalue weighted by Gasteiger charge is -2.27. The third-order valence-electron chi connectivity index (χ3n) is 2.84. The molecule has 0 aromatic carbocycles. The van der Waals surface area contributed by atoms with Crippen molar-refractivity contribution in [2.75, 3.05) is 18.5 Å². The van der Waals surface area contributed by atoms with Crippen molar-refractivity contribution in [2.24, 2.45) is 0 Å². The zero-order valence-corrected chi connectivity index (χ0v) is 8.98. The van der Waals surface area contributed by atoms with Gasteiger partial charge >= 0.3 is 0 Å². The van der Waals surface area contributed by atoms with E-state index < -0.39 is 0 Å². The summed E-state index contributed by atoms with van der Waals surface area (Å²) in [6.07, 6.45) is 6.98. The van der Waals surface area contributed by atoms with Crippen LogP contribution in [-0.4, -0.2) is 38.0 Å². The molecule has 1 aliphatic heterocycles. The number of aromatic nitrogens is 4. The van der Waals surface area contributed by atoms with Crippen molar-refractivity contribution in [1.29, 1.82) is 0 Å². The number of hydrogen-bond acceptors (Lipinski definition) is 5. The van der Waals surface area contributed by atoms with Crippen molar-refractivity contribution in [3.05, 3.63) is 12.7 Å². The van der Waals surface area contributed by atoms with Gasteiger partial charge in [0.05, 0.1) is 6.33 Å². The molecule has 3 rings (SSSR count). The van der Waals surface area contributed by atoms with Crippen LogP contribution >= 0.6 is 0 Å². The highest BCUT2D eigenvalue weighted by molar-refractivity contribution is 5.81. The largest absolute Gasteiger partial charge is 0.340 e. The van der Waals surface area contributed by atoms with Crippen LogP contribution in [0, 0.1) is 0 Å². The summed E-state index contributed by atoms with van der Waals surface area (Å²) in [6, 6.07) is 0. The lowest BCUT2D eigenvalue weighted by molar-refractivity contribution is 0.272. The van der Waals surface area contributed by atoms with Crippen LogP contribution < -0.4 is 5.43 Å². The normalized spacial score (nSPS) is 17.8. The van der Waals surface area contributed by atoms with Gasteiger partial charge in [-0.3, -0.25) is 0 Å². The number of imidazole rings is 1. The SMILES string of the molecule is c1nc(NN2CCCCC2)c2[nH]cnc2n1. The second-order valence-corrected chi connectivity index (χ2v) is 3.98. The summed E-state index contributed by atoms with van der Waals surface area (Å²) in [4.78, 5) is 15.5. The molecule has 0 amide bonds. The minimum absolute atomic E-state index is 0.703. The van der Waals surface area contributed by atoms with Gasteiger partial charge in [0.25, 0.3) is 0 Å². The van der Waals surface area contributed by atoms with Crippen LogP contribution in [0.4, 0.5) is 5.82 Å². The minimum Gasteiger partial charge on any atom is -0.340 e. The molecule has 6 nitrogen and oxygen atoms in total. The van der Waals surface area contributed by atoms with Crippen LogP contribution in [0.25, 0.3) is 11.2 Å². The Morgan fingerprint density at radius 2 is 2.00 bits per heavy atom. The Kier molecular flexibility index (Phi) is 2.41. The number of piperidine rings is 1. The van der Waals surface area contributed by atoms with Gasteiger partial charge in [-0.25, -0.2) is 20.0 Å². The summed E-state index contributed by atoms with van der Waals surface area (Å²) >= 11 is 0. The minimum atomic E-state index is 0.703.